The standard InChI is InChI=1S/C17H18N2O4S/c1-12-17(20)19-15-11-14(7-8-16(15)23-12)24(21,22)18-10-9-13-5-3-2-4-6-13/h2-8,11-12,18H,9-10H2,1H3,(H,19,20)/t12-/m0/s1. The molecule has 7 heteroatoms. The van der Waals surface area contributed by atoms with Crippen molar-refractivity contribution in [1.82, 2.24) is 4.72 Å². The summed E-state index contributed by atoms with van der Waals surface area (Å²) in [6.45, 7) is 1.93. The van der Waals surface area contributed by atoms with Crippen LogP contribution in [0.25, 0.3) is 0 Å². The number of rotatable bonds is 5. The van der Waals surface area contributed by atoms with Gasteiger partial charge in [-0.2, -0.15) is 0 Å². The van der Waals surface area contributed by atoms with E-state index in [1.54, 1.807) is 13.0 Å². The number of amides is 1. The van der Waals surface area contributed by atoms with E-state index in [0.29, 0.717) is 24.4 Å². The molecule has 1 atom stereocenters. The highest BCUT2D eigenvalue weighted by atomic mass is 32.2. The van der Waals surface area contributed by atoms with Crippen LogP contribution in [0.4, 0.5) is 5.69 Å². The second kappa shape index (κ2) is 6.62. The maximum atomic E-state index is 12.4. The fourth-order valence-electron chi connectivity index (χ4n) is 2.41. The smallest absolute Gasteiger partial charge is 0.265 e. The van der Waals surface area contributed by atoms with Gasteiger partial charge in [-0.3, -0.25) is 4.79 Å². The summed E-state index contributed by atoms with van der Waals surface area (Å²) in [6.07, 6.45) is 0.00602. The first-order valence-electron chi connectivity index (χ1n) is 7.61. The van der Waals surface area contributed by atoms with Crippen molar-refractivity contribution in [3.8, 4) is 5.75 Å². The Kier molecular flexibility index (Phi) is 4.55. The zero-order valence-electron chi connectivity index (χ0n) is 13.2. The molecule has 0 aromatic heterocycles. The van der Waals surface area contributed by atoms with Crippen LogP contribution < -0.4 is 14.8 Å². The Morgan fingerprint density at radius 1 is 1.17 bits per heavy atom. The monoisotopic (exact) mass is 346 g/mol. The molecule has 1 amide bonds. The molecule has 0 fully saturated rings. The van der Waals surface area contributed by atoms with E-state index < -0.39 is 16.1 Å². The predicted molar refractivity (Wildman–Crippen MR) is 90.5 cm³/mol. The summed E-state index contributed by atoms with van der Waals surface area (Å²) < 4.78 is 32.8. The van der Waals surface area contributed by atoms with Gasteiger partial charge in [-0.1, -0.05) is 30.3 Å². The average molecular weight is 346 g/mol. The lowest BCUT2D eigenvalue weighted by Crippen LogP contribution is -2.34. The van der Waals surface area contributed by atoms with Crippen LogP contribution in [-0.4, -0.2) is 27.0 Å². The van der Waals surface area contributed by atoms with Crippen molar-refractivity contribution < 1.29 is 17.9 Å². The molecule has 1 heterocycles. The largest absolute Gasteiger partial charge is 0.479 e. The van der Waals surface area contributed by atoms with Crippen LogP contribution in [0.15, 0.2) is 53.4 Å². The van der Waals surface area contributed by atoms with Crippen molar-refractivity contribution in [2.75, 3.05) is 11.9 Å². The van der Waals surface area contributed by atoms with Crippen molar-refractivity contribution in [3.63, 3.8) is 0 Å². The quantitative estimate of drug-likeness (QED) is 0.866. The van der Waals surface area contributed by atoms with Gasteiger partial charge >= 0.3 is 0 Å². The number of fused-ring (bicyclic) bond motifs is 1. The molecule has 0 aliphatic carbocycles. The molecular formula is C17H18N2O4S. The molecule has 2 aromatic carbocycles. The Bertz CT molecular complexity index is 850. The van der Waals surface area contributed by atoms with Crippen molar-refractivity contribution in [3.05, 3.63) is 54.1 Å². The molecular weight excluding hydrogens is 328 g/mol. The lowest BCUT2D eigenvalue weighted by atomic mass is 10.2. The van der Waals surface area contributed by atoms with Crippen LogP contribution in [0.3, 0.4) is 0 Å². The molecule has 0 radical (unpaired) electrons. The molecule has 0 unspecified atom stereocenters. The summed E-state index contributed by atoms with van der Waals surface area (Å²) in [6, 6.07) is 14.1. The zero-order chi connectivity index (χ0) is 17.2. The number of hydrogen-bond acceptors (Lipinski definition) is 4. The van der Waals surface area contributed by atoms with E-state index in [9.17, 15) is 13.2 Å². The normalized spacial score (nSPS) is 16.9. The summed E-state index contributed by atoms with van der Waals surface area (Å²) >= 11 is 0. The molecule has 126 valence electrons. The molecule has 2 N–H and O–H groups in total. The third kappa shape index (κ3) is 3.58. The number of carbonyl (C=O) groups excluding carboxylic acids is 1. The molecule has 0 bridgehead atoms. The van der Waals surface area contributed by atoms with E-state index in [2.05, 4.69) is 10.0 Å². The van der Waals surface area contributed by atoms with Gasteiger partial charge in [-0.05, 0) is 37.1 Å². The van der Waals surface area contributed by atoms with Crippen molar-refractivity contribution >= 4 is 21.6 Å². The van der Waals surface area contributed by atoms with Crippen LogP contribution in [0.2, 0.25) is 0 Å². The molecule has 2 aromatic rings. The lowest BCUT2D eigenvalue weighted by molar-refractivity contribution is -0.122. The number of nitrogens with one attached hydrogen (secondary N) is 2. The topological polar surface area (TPSA) is 84.5 Å². The molecule has 24 heavy (non-hydrogen) atoms. The van der Waals surface area contributed by atoms with Crippen molar-refractivity contribution in [1.29, 1.82) is 0 Å². The van der Waals surface area contributed by atoms with E-state index in [-0.39, 0.29) is 10.8 Å². The van der Waals surface area contributed by atoms with Crippen LogP contribution in [0.5, 0.6) is 5.75 Å². The van der Waals surface area contributed by atoms with Crippen LogP contribution in [0.1, 0.15) is 12.5 Å². The fraction of sp³-hybridized carbons (Fsp3) is 0.235. The Labute approximate surface area is 140 Å². The average Bonchev–Trinajstić information content (AvgIpc) is 2.56. The van der Waals surface area contributed by atoms with Gasteiger partial charge in [0.1, 0.15) is 5.75 Å². The third-order valence-electron chi connectivity index (χ3n) is 3.74. The third-order valence-corrected chi connectivity index (χ3v) is 5.20. The summed E-state index contributed by atoms with van der Waals surface area (Å²) in [5, 5.41) is 2.65. The second-order valence-corrected chi connectivity index (χ2v) is 7.31. The molecule has 1 aliphatic rings. The van der Waals surface area contributed by atoms with Gasteiger partial charge in [0.05, 0.1) is 10.6 Å². The first-order chi connectivity index (χ1) is 11.5. The minimum atomic E-state index is -3.65. The van der Waals surface area contributed by atoms with E-state index in [0.717, 1.165) is 5.56 Å². The van der Waals surface area contributed by atoms with Crippen molar-refractivity contribution in [2.45, 2.75) is 24.3 Å². The number of benzene rings is 2. The molecule has 0 saturated heterocycles. The number of hydrogen-bond donors (Lipinski definition) is 2. The number of anilines is 1. The number of carbonyl (C=O) groups is 1. The van der Waals surface area contributed by atoms with E-state index in [1.165, 1.54) is 12.1 Å². The van der Waals surface area contributed by atoms with E-state index in [1.807, 2.05) is 30.3 Å². The summed E-state index contributed by atoms with van der Waals surface area (Å²) in [5.74, 6) is 0.166. The van der Waals surface area contributed by atoms with Gasteiger partial charge in [0.15, 0.2) is 6.10 Å². The maximum absolute atomic E-state index is 12.4. The van der Waals surface area contributed by atoms with Crippen LogP contribution >= 0.6 is 0 Å². The molecule has 3 rings (SSSR count). The van der Waals surface area contributed by atoms with Crippen LogP contribution in [-0.2, 0) is 21.2 Å². The number of sulfonamides is 1. The Morgan fingerprint density at radius 2 is 1.92 bits per heavy atom. The lowest BCUT2D eigenvalue weighted by Gasteiger charge is -2.23. The minimum Gasteiger partial charge on any atom is -0.479 e. The summed E-state index contributed by atoms with van der Waals surface area (Å²) in [5.41, 5.74) is 1.42. The minimum absolute atomic E-state index is 0.0905. The van der Waals surface area contributed by atoms with Gasteiger partial charge in [-0.25, -0.2) is 13.1 Å². The highest BCUT2D eigenvalue weighted by molar-refractivity contribution is 7.89. The Morgan fingerprint density at radius 3 is 2.67 bits per heavy atom. The summed E-state index contributed by atoms with van der Waals surface area (Å²) in [4.78, 5) is 11.7. The van der Waals surface area contributed by atoms with Crippen molar-refractivity contribution in [2.24, 2.45) is 0 Å². The van der Waals surface area contributed by atoms with Gasteiger partial charge in [0, 0.05) is 6.54 Å². The first-order valence-corrected chi connectivity index (χ1v) is 9.09. The summed E-state index contributed by atoms with van der Waals surface area (Å²) in [7, 11) is -3.65. The SMILES string of the molecule is C[C@@H]1Oc2ccc(S(=O)(=O)NCCc3ccccc3)cc2NC1=O. The van der Waals surface area contributed by atoms with Crippen LogP contribution in [0, 0.1) is 0 Å². The zero-order valence-corrected chi connectivity index (χ0v) is 14.0. The number of ether oxygens (including phenoxy) is 1. The van der Waals surface area contributed by atoms with Gasteiger partial charge in [-0.15, -0.1) is 0 Å². The first kappa shape index (κ1) is 16.5. The molecule has 1 aliphatic heterocycles. The molecule has 0 saturated carbocycles. The van der Waals surface area contributed by atoms with Gasteiger partial charge < -0.3 is 10.1 Å². The Hall–Kier alpha value is -2.38. The van der Waals surface area contributed by atoms with Gasteiger partial charge in [0.2, 0.25) is 10.0 Å². The second-order valence-electron chi connectivity index (χ2n) is 5.54. The van der Waals surface area contributed by atoms with Gasteiger partial charge in [0.25, 0.3) is 5.91 Å². The fourth-order valence-corrected chi connectivity index (χ4v) is 3.47. The van der Waals surface area contributed by atoms with E-state index >= 15 is 0 Å². The highest BCUT2D eigenvalue weighted by Gasteiger charge is 2.25. The molecule has 0 spiro atoms. The highest BCUT2D eigenvalue weighted by Crippen LogP contribution is 2.31. The Balaban J connectivity index is 1.71. The molecule has 6 nitrogen and oxygen atoms in total. The van der Waals surface area contributed by atoms with E-state index in [4.69, 9.17) is 4.74 Å². The predicted octanol–water partition coefficient (Wildman–Crippen LogP) is 1.93. The maximum Gasteiger partial charge on any atom is 0.265 e.